The van der Waals surface area contributed by atoms with Crippen molar-refractivity contribution >= 4 is 29.9 Å². The van der Waals surface area contributed by atoms with Gasteiger partial charge in [-0.3, -0.25) is 0 Å². The Morgan fingerprint density at radius 1 is 1.10 bits per heavy atom. The summed E-state index contributed by atoms with van der Waals surface area (Å²) in [6.07, 6.45) is -0.667. The van der Waals surface area contributed by atoms with Crippen LogP contribution in [0.15, 0.2) is 47.5 Å². The summed E-state index contributed by atoms with van der Waals surface area (Å²) in [5.41, 5.74) is 3.18. The standard InChI is InChI=1S/C23H32FN3O2.HI/c1-5-25-22(26-13-16-6-11-20(24)18(12-16)15-28)27-14-21(29)17-7-9-19(10-8-17)23(2,3)4;/h6-12,21,28-29H,5,13-15H2,1-4H3,(H2,25,26,27);1H. The van der Waals surface area contributed by atoms with Crippen molar-refractivity contribution in [2.75, 3.05) is 13.1 Å². The second kappa shape index (κ2) is 12.2. The number of aliphatic hydroxyl groups is 2. The molecule has 2 aromatic carbocycles. The summed E-state index contributed by atoms with van der Waals surface area (Å²) in [6.45, 7) is 9.40. The van der Waals surface area contributed by atoms with Gasteiger partial charge >= 0.3 is 0 Å². The molecule has 0 aliphatic carbocycles. The number of nitrogens with zero attached hydrogens (tertiary/aromatic N) is 1. The van der Waals surface area contributed by atoms with Gasteiger partial charge in [0.05, 0.1) is 19.3 Å². The fourth-order valence-corrected chi connectivity index (χ4v) is 2.88. The van der Waals surface area contributed by atoms with Crippen LogP contribution >= 0.6 is 24.0 Å². The lowest BCUT2D eigenvalue weighted by molar-refractivity contribution is 0.181. The van der Waals surface area contributed by atoms with Crippen molar-refractivity contribution in [3.8, 4) is 0 Å². The van der Waals surface area contributed by atoms with Crippen molar-refractivity contribution in [1.82, 2.24) is 10.6 Å². The molecule has 0 fully saturated rings. The van der Waals surface area contributed by atoms with Crippen LogP contribution < -0.4 is 10.6 Å². The number of aliphatic hydroxyl groups excluding tert-OH is 2. The highest BCUT2D eigenvalue weighted by Crippen LogP contribution is 2.23. The highest BCUT2D eigenvalue weighted by Gasteiger charge is 2.15. The smallest absolute Gasteiger partial charge is 0.191 e. The highest BCUT2D eigenvalue weighted by molar-refractivity contribution is 14.0. The second-order valence-electron chi connectivity index (χ2n) is 8.05. The molecule has 1 atom stereocenters. The van der Waals surface area contributed by atoms with Crippen LogP contribution in [0.5, 0.6) is 0 Å². The number of hydrogen-bond donors (Lipinski definition) is 4. The largest absolute Gasteiger partial charge is 0.392 e. The third kappa shape index (κ3) is 7.85. The first-order valence-electron chi connectivity index (χ1n) is 9.93. The van der Waals surface area contributed by atoms with E-state index in [4.69, 9.17) is 0 Å². The van der Waals surface area contributed by atoms with Gasteiger partial charge in [-0.05, 0) is 41.2 Å². The predicted octanol–water partition coefficient (Wildman–Crippen LogP) is 4.02. The Kier molecular flexibility index (Phi) is 10.7. The minimum atomic E-state index is -0.667. The van der Waals surface area contributed by atoms with E-state index in [1.807, 2.05) is 31.2 Å². The fraction of sp³-hybridized carbons (Fsp3) is 0.435. The van der Waals surface area contributed by atoms with E-state index in [1.165, 1.54) is 11.6 Å². The Hall–Kier alpha value is -1.71. The van der Waals surface area contributed by atoms with Gasteiger partial charge in [0.15, 0.2) is 5.96 Å². The number of guanidine groups is 1. The minimum absolute atomic E-state index is 0. The Morgan fingerprint density at radius 3 is 2.33 bits per heavy atom. The van der Waals surface area contributed by atoms with Gasteiger partial charge in [0.25, 0.3) is 0 Å². The summed E-state index contributed by atoms with van der Waals surface area (Å²) >= 11 is 0. The molecule has 0 heterocycles. The fourth-order valence-electron chi connectivity index (χ4n) is 2.88. The Labute approximate surface area is 195 Å². The molecule has 4 N–H and O–H groups in total. The van der Waals surface area contributed by atoms with Crippen LogP contribution in [-0.2, 0) is 18.6 Å². The highest BCUT2D eigenvalue weighted by atomic mass is 127. The molecular weight excluding hydrogens is 496 g/mol. The van der Waals surface area contributed by atoms with Gasteiger partial charge in [-0.15, -0.1) is 24.0 Å². The maximum Gasteiger partial charge on any atom is 0.191 e. The molecule has 7 heteroatoms. The monoisotopic (exact) mass is 529 g/mol. The van der Waals surface area contributed by atoms with Gasteiger partial charge < -0.3 is 20.8 Å². The summed E-state index contributed by atoms with van der Waals surface area (Å²) in [6, 6.07) is 12.6. The molecular formula is C23H33FIN3O2. The van der Waals surface area contributed by atoms with Gasteiger partial charge in [-0.2, -0.15) is 0 Å². The molecule has 30 heavy (non-hydrogen) atoms. The molecule has 166 valence electrons. The number of nitrogens with one attached hydrogen (secondary N) is 2. The summed E-state index contributed by atoms with van der Waals surface area (Å²) in [7, 11) is 0. The first kappa shape index (κ1) is 26.3. The zero-order valence-electron chi connectivity index (χ0n) is 18.1. The molecule has 5 nitrogen and oxygen atoms in total. The first-order chi connectivity index (χ1) is 13.7. The number of halogens is 2. The molecule has 0 bridgehead atoms. The SMILES string of the molecule is CCNC(=NCc1ccc(F)c(CO)c1)NCC(O)c1ccc(C(C)(C)C)cc1.I. The van der Waals surface area contributed by atoms with E-state index in [1.54, 1.807) is 12.1 Å². The topological polar surface area (TPSA) is 76.9 Å². The van der Waals surface area contributed by atoms with Gasteiger partial charge in [-0.25, -0.2) is 9.38 Å². The maximum atomic E-state index is 13.5. The molecule has 2 aromatic rings. The van der Waals surface area contributed by atoms with E-state index >= 15 is 0 Å². The van der Waals surface area contributed by atoms with Gasteiger partial charge in [0.2, 0.25) is 0 Å². The normalized spacial score (nSPS) is 12.8. The average molecular weight is 529 g/mol. The summed E-state index contributed by atoms with van der Waals surface area (Å²) < 4.78 is 13.5. The van der Waals surface area contributed by atoms with Crippen LogP contribution in [0.2, 0.25) is 0 Å². The Bertz CT molecular complexity index is 820. The van der Waals surface area contributed by atoms with Crippen molar-refractivity contribution < 1.29 is 14.6 Å². The maximum absolute atomic E-state index is 13.5. The van der Waals surface area contributed by atoms with Crippen LogP contribution in [0.4, 0.5) is 4.39 Å². The van der Waals surface area contributed by atoms with Gasteiger partial charge in [-0.1, -0.05) is 51.1 Å². The number of benzene rings is 2. The van der Waals surface area contributed by atoms with Crippen molar-refractivity contribution in [2.45, 2.75) is 52.4 Å². The van der Waals surface area contributed by atoms with E-state index in [0.29, 0.717) is 25.6 Å². The quantitative estimate of drug-likeness (QED) is 0.248. The van der Waals surface area contributed by atoms with Crippen LogP contribution in [0.3, 0.4) is 0 Å². The lowest BCUT2D eigenvalue weighted by atomic mass is 9.86. The van der Waals surface area contributed by atoms with E-state index in [2.05, 4.69) is 36.4 Å². The molecule has 0 aromatic heterocycles. The molecule has 0 aliphatic rings. The minimum Gasteiger partial charge on any atom is -0.392 e. The molecule has 1 unspecified atom stereocenters. The first-order valence-corrected chi connectivity index (χ1v) is 9.93. The third-order valence-electron chi connectivity index (χ3n) is 4.67. The zero-order valence-corrected chi connectivity index (χ0v) is 20.4. The van der Waals surface area contributed by atoms with Crippen LogP contribution in [0.1, 0.15) is 56.1 Å². The summed E-state index contributed by atoms with van der Waals surface area (Å²) in [5, 5.41) is 26.0. The summed E-state index contributed by atoms with van der Waals surface area (Å²) in [5.74, 6) is 0.138. The van der Waals surface area contributed by atoms with E-state index in [-0.39, 0.29) is 41.6 Å². The predicted molar refractivity (Wildman–Crippen MR) is 131 cm³/mol. The molecule has 2 rings (SSSR count). The third-order valence-corrected chi connectivity index (χ3v) is 4.67. The molecule has 0 radical (unpaired) electrons. The number of hydrogen-bond acceptors (Lipinski definition) is 3. The Morgan fingerprint density at radius 2 is 1.77 bits per heavy atom. The lowest BCUT2D eigenvalue weighted by Crippen LogP contribution is -2.39. The zero-order chi connectivity index (χ0) is 21.4. The molecule has 0 aliphatic heterocycles. The van der Waals surface area contributed by atoms with Crippen LogP contribution in [-0.4, -0.2) is 29.3 Å². The molecule has 0 spiro atoms. The van der Waals surface area contributed by atoms with Crippen molar-refractivity contribution in [3.05, 3.63) is 70.5 Å². The van der Waals surface area contributed by atoms with E-state index in [0.717, 1.165) is 11.1 Å². The molecule has 0 saturated heterocycles. The van der Waals surface area contributed by atoms with Gasteiger partial charge in [0.1, 0.15) is 5.82 Å². The second-order valence-corrected chi connectivity index (χ2v) is 8.05. The van der Waals surface area contributed by atoms with Crippen molar-refractivity contribution in [1.29, 1.82) is 0 Å². The van der Waals surface area contributed by atoms with Crippen LogP contribution in [0, 0.1) is 5.82 Å². The van der Waals surface area contributed by atoms with Crippen molar-refractivity contribution in [3.63, 3.8) is 0 Å². The Balaban J connectivity index is 0.00000450. The van der Waals surface area contributed by atoms with Crippen molar-refractivity contribution in [2.24, 2.45) is 4.99 Å². The average Bonchev–Trinajstić information content (AvgIpc) is 2.70. The van der Waals surface area contributed by atoms with Crippen LogP contribution in [0.25, 0.3) is 0 Å². The molecule has 0 amide bonds. The van der Waals surface area contributed by atoms with E-state index < -0.39 is 11.9 Å². The molecule has 0 saturated carbocycles. The van der Waals surface area contributed by atoms with Gasteiger partial charge in [0, 0.05) is 18.7 Å². The number of aliphatic imine (C=N–C) groups is 1. The van der Waals surface area contributed by atoms with E-state index in [9.17, 15) is 14.6 Å². The lowest BCUT2D eigenvalue weighted by Gasteiger charge is -2.20. The number of rotatable bonds is 7. The summed E-state index contributed by atoms with van der Waals surface area (Å²) in [4.78, 5) is 4.48.